The van der Waals surface area contributed by atoms with E-state index in [0.29, 0.717) is 46.0 Å². The Morgan fingerprint density at radius 3 is 0.463 bits per heavy atom. The van der Waals surface area contributed by atoms with Gasteiger partial charge in [-0.2, -0.15) is 4.21 Å². The van der Waals surface area contributed by atoms with Crippen LogP contribution >= 0.6 is 22.8 Å². The second-order valence-electron chi connectivity index (χ2n) is 5.95. The van der Waals surface area contributed by atoms with E-state index in [1.54, 1.807) is 0 Å². The molecule has 0 spiro atoms. The van der Waals surface area contributed by atoms with Gasteiger partial charge >= 0.3 is 63.2 Å². The monoisotopic (exact) mass is 1080 g/mol. The van der Waals surface area contributed by atoms with Gasteiger partial charge in [0.25, 0.3) is 0 Å². The molecule has 9 nitrogen and oxygen atoms in total. The molecular weight excluding hydrogens is 1040 g/mol. The Morgan fingerprint density at radius 2 is 0.463 bits per heavy atom. The van der Waals surface area contributed by atoms with E-state index < -0.39 is 63.1 Å². The zero-order valence-electron chi connectivity index (χ0n) is 24.0. The normalized spacial score (nSPS) is 11.2. The molecule has 250 valence electrons. The Bertz CT molecular complexity index is 672. The third-order valence-corrected chi connectivity index (χ3v) is 33.2. The smallest absolute Gasteiger partial charge is 0.854 e. The Balaban J connectivity index is -0.0000000564. The third kappa shape index (κ3) is 42.4. The molecule has 0 amide bonds. The van der Waals surface area contributed by atoms with Crippen molar-refractivity contribution in [2.24, 2.45) is 0 Å². The molecule has 0 radical (unpaired) electrons. The Kier molecular flexibility index (Phi) is 60.1. The summed E-state index contributed by atoms with van der Waals surface area (Å²) < 4.78 is 7.83. The van der Waals surface area contributed by atoms with Gasteiger partial charge in [-0.25, -0.2) is 40.3 Å². The molecule has 0 aromatic heterocycles. The summed E-state index contributed by atoms with van der Waals surface area (Å²) in [5, 5.41) is 0. The van der Waals surface area contributed by atoms with E-state index >= 15 is 0 Å². The van der Waals surface area contributed by atoms with Crippen molar-refractivity contribution < 1.29 is 107 Å². The van der Waals surface area contributed by atoms with Crippen LogP contribution in [0.4, 0.5) is 0 Å². The molecule has 0 heterocycles. The molecule has 0 bridgehead atoms. The molecule has 0 aromatic carbocycles. The Morgan fingerprint density at radius 1 is 0.390 bits per heavy atom. The van der Waals surface area contributed by atoms with Gasteiger partial charge in [-0.3, -0.25) is 0 Å². The SMILES string of the molecule is CCS(CC)=P([O-])([O-])[S-].CCS(CC)=P([O-])([O-])[S-].CCS(CC)=P([O-])([O-])[S-].CCS(CC)=P([O-])([O-])[S-].O=S.[Mo+4].[Mo+4].[Mo+4]. The van der Waals surface area contributed by atoms with Crippen LogP contribution in [0.1, 0.15) is 55.4 Å². The average Bonchev–Trinajstić information content (AvgIpc) is 2.76. The van der Waals surface area contributed by atoms with Gasteiger partial charge in [0.1, 0.15) is 0 Å². The fraction of sp³-hybridized carbons (Fsp3) is 1.00. The number of rotatable bonds is 8. The average molecular weight is 1080 g/mol. The molecule has 0 atom stereocenters. The summed E-state index contributed by atoms with van der Waals surface area (Å²) in [4.78, 5) is 85.2. The van der Waals surface area contributed by atoms with Gasteiger partial charge in [0, 0.05) is 0 Å². The first kappa shape index (κ1) is 65.6. The standard InChI is InChI=1S/4C4H10O2PS2.3Mo.OS/c4*1-3-9(4-2)7(5,6)8;;;;1-2/h4*3-4H2,1-2H3;;;;/q4*-3;3*+4;. The van der Waals surface area contributed by atoms with Crippen molar-refractivity contribution in [3.63, 3.8) is 0 Å². The van der Waals surface area contributed by atoms with Gasteiger partial charge in [0.15, 0.2) is 12.5 Å². The summed E-state index contributed by atoms with van der Waals surface area (Å²) in [7, 11) is -2.16. The Labute approximate surface area is 328 Å². The van der Waals surface area contributed by atoms with Crippen LogP contribution in [0.2, 0.25) is 0 Å². The summed E-state index contributed by atoms with van der Waals surface area (Å²) >= 11 is 20.1. The van der Waals surface area contributed by atoms with Crippen LogP contribution in [0.15, 0.2) is 0 Å². The van der Waals surface area contributed by atoms with E-state index in [2.05, 4.69) is 61.5 Å². The Hall–Kier alpha value is 6.28. The second kappa shape index (κ2) is 37.5. The molecule has 0 saturated heterocycles. The second-order valence-corrected chi connectivity index (χ2v) is 38.4. The van der Waals surface area contributed by atoms with E-state index in [1.165, 1.54) is 0 Å². The minimum Gasteiger partial charge on any atom is -0.854 e. The van der Waals surface area contributed by atoms with Gasteiger partial charge in [-0.15, -0.1) is 0 Å². The fourth-order valence-corrected chi connectivity index (χ4v) is 21.4. The maximum atomic E-state index is 10.6. The van der Waals surface area contributed by atoms with Gasteiger partial charge in [-0.05, 0) is 46.0 Å². The molecule has 41 heavy (non-hydrogen) atoms. The van der Waals surface area contributed by atoms with Crippen molar-refractivity contribution in [1.29, 1.82) is 0 Å². The molecule has 0 aliphatic heterocycles. The zero-order valence-corrected chi connectivity index (χ0v) is 41.0. The third-order valence-electron chi connectivity index (χ3n) is 3.93. The topological polar surface area (TPSA) is 202 Å². The van der Waals surface area contributed by atoms with Crippen LogP contribution in [-0.2, 0) is 165 Å². The summed E-state index contributed by atoms with van der Waals surface area (Å²) in [6, 6.07) is 0. The maximum absolute atomic E-state index is 10.6. The first-order chi connectivity index (χ1) is 17.1. The van der Waals surface area contributed by atoms with Crippen molar-refractivity contribution in [2.45, 2.75) is 55.4 Å². The van der Waals surface area contributed by atoms with Gasteiger partial charge in [-0.1, -0.05) is 55.4 Å². The molecular formula is C16H40Mo3O9P4S9. The first-order valence-electron chi connectivity index (χ1n) is 11.1. The molecule has 0 aliphatic rings. The molecule has 0 aromatic rings. The summed E-state index contributed by atoms with van der Waals surface area (Å²) in [6.45, 7) is 14.8. The molecule has 0 unspecified atom stereocenters. The van der Waals surface area contributed by atoms with Crippen LogP contribution in [0.25, 0.3) is 0 Å². The van der Waals surface area contributed by atoms with Gasteiger partial charge < -0.3 is 111 Å². The van der Waals surface area contributed by atoms with Crippen LogP contribution in [-0.4, -0.2) is 50.2 Å². The number of hydrogen-bond acceptors (Lipinski definition) is 14. The zero-order chi connectivity index (χ0) is 32.0. The molecule has 0 aliphatic carbocycles. The minimum atomic E-state index is -3.41. The largest absolute Gasteiger partial charge is 4.00 e. The van der Waals surface area contributed by atoms with Crippen LogP contribution in [0.5, 0.6) is 0 Å². The molecule has 25 heteroatoms. The summed E-state index contributed by atoms with van der Waals surface area (Å²) in [5.41, 5.74) is -13.7. The summed E-state index contributed by atoms with van der Waals surface area (Å²) in [6.07, 6.45) is 0. The summed E-state index contributed by atoms with van der Waals surface area (Å²) in [5.74, 6) is 5.34. The van der Waals surface area contributed by atoms with Crippen molar-refractivity contribution >= 4 is 125 Å². The van der Waals surface area contributed by atoms with Crippen molar-refractivity contribution in [3.05, 3.63) is 0 Å². The van der Waals surface area contributed by atoms with E-state index in [9.17, 15) is 39.1 Å². The minimum absolute atomic E-state index is 0. The predicted octanol–water partition coefficient (Wildman–Crippen LogP) is -1.99. The van der Waals surface area contributed by atoms with Crippen molar-refractivity contribution in [1.82, 2.24) is 0 Å². The van der Waals surface area contributed by atoms with Crippen LogP contribution in [0, 0.1) is 0 Å². The van der Waals surface area contributed by atoms with Crippen LogP contribution in [0.3, 0.4) is 0 Å². The van der Waals surface area contributed by atoms with Gasteiger partial charge in [0.05, 0.1) is 0 Å². The van der Waals surface area contributed by atoms with Gasteiger partial charge in [0.2, 0.25) is 0 Å². The van der Waals surface area contributed by atoms with E-state index in [-0.39, 0.29) is 63.2 Å². The first-order valence-corrected chi connectivity index (χ1v) is 30.6. The maximum Gasteiger partial charge on any atom is 4.00 e. The molecule has 0 N–H and O–H groups in total. The van der Waals surface area contributed by atoms with E-state index in [1.807, 2.05) is 55.4 Å². The molecule has 0 saturated carbocycles. The molecule has 0 fully saturated rings. The van der Waals surface area contributed by atoms with E-state index in [0.717, 1.165) is 0 Å². The van der Waals surface area contributed by atoms with Crippen molar-refractivity contribution in [2.75, 3.05) is 46.0 Å². The number of hydrogen-bond donors (Lipinski definition) is 0. The quantitative estimate of drug-likeness (QED) is 0.147. The fourth-order valence-electron chi connectivity index (χ4n) is 2.08. The van der Waals surface area contributed by atoms with Crippen molar-refractivity contribution in [3.8, 4) is 0 Å². The van der Waals surface area contributed by atoms with E-state index in [4.69, 9.17) is 4.21 Å². The molecule has 0 rings (SSSR count). The predicted molar refractivity (Wildman–Crippen MR) is 179 cm³/mol. The van der Waals surface area contributed by atoms with Crippen LogP contribution < -0.4 is 39.1 Å².